The van der Waals surface area contributed by atoms with E-state index in [9.17, 15) is 4.79 Å². The Hall–Kier alpha value is -1.24. The quantitative estimate of drug-likeness (QED) is 0.826. The van der Waals surface area contributed by atoms with Gasteiger partial charge < -0.3 is 10.1 Å². The minimum absolute atomic E-state index is 0.0638. The number of aromatic nitrogens is 2. The number of hydrogen-bond acceptors (Lipinski definition) is 5. The Kier molecular flexibility index (Phi) is 4.96. The average Bonchev–Trinajstić information content (AvgIpc) is 2.99. The Morgan fingerprint density at radius 2 is 2.12 bits per heavy atom. The molecule has 4 rings (SSSR count). The van der Waals surface area contributed by atoms with E-state index in [1.54, 1.807) is 10.7 Å². The molecule has 3 aliphatic rings. The molecule has 2 aliphatic heterocycles. The maximum atomic E-state index is 12.3. The van der Waals surface area contributed by atoms with Crippen LogP contribution in [0.4, 0.5) is 0 Å². The first kappa shape index (κ1) is 16.2. The van der Waals surface area contributed by atoms with Gasteiger partial charge in [0.15, 0.2) is 0 Å². The maximum absolute atomic E-state index is 12.3. The van der Waals surface area contributed by atoms with Crippen LogP contribution >= 0.6 is 0 Å². The molecule has 1 aliphatic carbocycles. The molecule has 1 unspecified atom stereocenters. The number of fused-ring (bicyclic) bond motifs is 1. The van der Waals surface area contributed by atoms with Crippen LogP contribution in [0.15, 0.2) is 10.9 Å². The molecule has 0 radical (unpaired) electrons. The van der Waals surface area contributed by atoms with Crippen molar-refractivity contribution in [2.24, 2.45) is 0 Å². The Labute approximate surface area is 143 Å². The lowest BCUT2D eigenvalue weighted by molar-refractivity contribution is -0.00922. The third kappa shape index (κ3) is 3.55. The molecule has 1 atom stereocenters. The molecular weight excluding hydrogens is 304 g/mol. The minimum atomic E-state index is 0.0638. The van der Waals surface area contributed by atoms with Gasteiger partial charge in [-0.2, -0.15) is 5.10 Å². The second-order valence-electron chi connectivity index (χ2n) is 7.36. The summed E-state index contributed by atoms with van der Waals surface area (Å²) < 4.78 is 6.92. The lowest BCUT2D eigenvalue weighted by Crippen LogP contribution is -2.53. The third-order valence-electron chi connectivity index (χ3n) is 5.65. The highest BCUT2D eigenvalue weighted by Gasteiger charge is 2.25. The Balaban J connectivity index is 1.35. The van der Waals surface area contributed by atoms with Gasteiger partial charge in [0.1, 0.15) is 0 Å². The molecule has 0 saturated carbocycles. The minimum Gasteiger partial charge on any atom is -0.378 e. The lowest BCUT2D eigenvalue weighted by atomic mass is 10.0. The van der Waals surface area contributed by atoms with Crippen LogP contribution < -0.4 is 10.9 Å². The van der Waals surface area contributed by atoms with Crippen LogP contribution in [0.3, 0.4) is 0 Å². The van der Waals surface area contributed by atoms with Gasteiger partial charge in [0.2, 0.25) is 0 Å². The zero-order valence-electron chi connectivity index (χ0n) is 14.4. The molecule has 6 nitrogen and oxygen atoms in total. The second-order valence-corrected chi connectivity index (χ2v) is 7.36. The van der Waals surface area contributed by atoms with Gasteiger partial charge >= 0.3 is 0 Å². The van der Waals surface area contributed by atoms with Crippen molar-refractivity contribution in [3.63, 3.8) is 0 Å². The molecule has 0 bridgehead atoms. The van der Waals surface area contributed by atoms with Crippen LogP contribution in [0.25, 0.3) is 0 Å². The molecule has 132 valence electrons. The topological polar surface area (TPSA) is 59.4 Å². The van der Waals surface area contributed by atoms with Gasteiger partial charge in [-0.25, -0.2) is 4.68 Å². The molecule has 0 amide bonds. The highest BCUT2D eigenvalue weighted by molar-refractivity contribution is 5.22. The summed E-state index contributed by atoms with van der Waals surface area (Å²) in [5.41, 5.74) is 2.37. The van der Waals surface area contributed by atoms with Crippen LogP contribution in [0, 0.1) is 0 Å². The fraction of sp³-hybridized carbons (Fsp3) is 0.778. The molecule has 2 saturated heterocycles. The molecule has 0 spiro atoms. The van der Waals surface area contributed by atoms with Crippen LogP contribution in [0.5, 0.6) is 0 Å². The van der Waals surface area contributed by atoms with Crippen LogP contribution in [-0.4, -0.2) is 59.6 Å². The van der Waals surface area contributed by atoms with Crippen molar-refractivity contribution in [3.8, 4) is 0 Å². The van der Waals surface area contributed by atoms with Crippen molar-refractivity contribution >= 4 is 0 Å². The summed E-state index contributed by atoms with van der Waals surface area (Å²) in [7, 11) is 0. The number of nitrogens with zero attached hydrogens (tertiary/aromatic N) is 3. The summed E-state index contributed by atoms with van der Waals surface area (Å²) in [5.74, 6) is 0. The van der Waals surface area contributed by atoms with E-state index in [1.807, 2.05) is 0 Å². The molecule has 2 fully saturated rings. The van der Waals surface area contributed by atoms with Gasteiger partial charge in [-0.3, -0.25) is 9.69 Å². The van der Waals surface area contributed by atoms with E-state index in [2.05, 4.69) is 15.3 Å². The first-order valence-electron chi connectivity index (χ1n) is 9.45. The monoisotopic (exact) mass is 332 g/mol. The van der Waals surface area contributed by atoms with E-state index in [0.29, 0.717) is 18.6 Å². The normalized spacial score (nSPS) is 24.8. The van der Waals surface area contributed by atoms with E-state index < -0.39 is 0 Å². The highest BCUT2D eigenvalue weighted by atomic mass is 16.5. The van der Waals surface area contributed by atoms with Crippen molar-refractivity contribution in [1.82, 2.24) is 20.0 Å². The SMILES string of the molecule is O=c1cc2c(nn1CCN1CCCCC1CNC1COC1)CCC2. The van der Waals surface area contributed by atoms with Gasteiger partial charge in [-0.1, -0.05) is 6.42 Å². The number of hydrogen-bond donors (Lipinski definition) is 1. The average molecular weight is 332 g/mol. The smallest absolute Gasteiger partial charge is 0.267 e. The van der Waals surface area contributed by atoms with Crippen LogP contribution in [0.1, 0.15) is 36.9 Å². The van der Waals surface area contributed by atoms with Gasteiger partial charge in [-0.05, 0) is 44.2 Å². The number of ether oxygens (including phenoxy) is 1. The van der Waals surface area contributed by atoms with Crippen LogP contribution in [-0.2, 0) is 24.1 Å². The summed E-state index contributed by atoms with van der Waals surface area (Å²) >= 11 is 0. The van der Waals surface area contributed by atoms with Crippen molar-refractivity contribution in [1.29, 1.82) is 0 Å². The maximum Gasteiger partial charge on any atom is 0.267 e. The number of likely N-dealkylation sites (tertiary alicyclic amines) is 1. The zero-order valence-corrected chi connectivity index (χ0v) is 14.4. The summed E-state index contributed by atoms with van der Waals surface area (Å²) in [6, 6.07) is 2.92. The van der Waals surface area contributed by atoms with E-state index in [4.69, 9.17) is 4.74 Å². The van der Waals surface area contributed by atoms with Gasteiger partial charge in [-0.15, -0.1) is 0 Å². The highest BCUT2D eigenvalue weighted by Crippen LogP contribution is 2.18. The molecule has 1 N–H and O–H groups in total. The van der Waals surface area contributed by atoms with Crippen molar-refractivity contribution in [3.05, 3.63) is 27.7 Å². The van der Waals surface area contributed by atoms with Crippen molar-refractivity contribution in [2.75, 3.05) is 32.8 Å². The number of aryl methyl sites for hydroxylation is 2. The molecule has 0 aromatic carbocycles. The van der Waals surface area contributed by atoms with E-state index in [-0.39, 0.29) is 5.56 Å². The van der Waals surface area contributed by atoms with E-state index in [1.165, 1.54) is 24.8 Å². The molecule has 24 heavy (non-hydrogen) atoms. The Bertz CT molecular complexity index is 626. The zero-order chi connectivity index (χ0) is 16.4. The molecular formula is C18H28N4O2. The number of piperidine rings is 1. The fourth-order valence-corrected chi connectivity index (χ4v) is 4.06. The largest absolute Gasteiger partial charge is 0.378 e. The third-order valence-corrected chi connectivity index (χ3v) is 5.65. The summed E-state index contributed by atoms with van der Waals surface area (Å²) in [6.45, 7) is 5.48. The number of nitrogens with one attached hydrogen (secondary N) is 1. The van der Waals surface area contributed by atoms with Gasteiger partial charge in [0.05, 0.1) is 31.5 Å². The fourth-order valence-electron chi connectivity index (χ4n) is 4.06. The summed E-state index contributed by atoms with van der Waals surface area (Å²) in [5, 5.41) is 8.22. The first-order chi connectivity index (χ1) is 11.8. The molecule has 6 heteroatoms. The predicted molar refractivity (Wildman–Crippen MR) is 92.3 cm³/mol. The Morgan fingerprint density at radius 3 is 2.96 bits per heavy atom. The standard InChI is InChI=1S/C18H28N4O2/c23-18-10-14-4-3-6-17(14)20-22(18)9-8-21-7-2-1-5-16(21)11-19-15-12-24-13-15/h10,15-16,19H,1-9,11-13H2. The van der Waals surface area contributed by atoms with Crippen molar-refractivity contribution < 1.29 is 4.74 Å². The second kappa shape index (κ2) is 7.33. The van der Waals surface area contributed by atoms with Gasteiger partial charge in [0.25, 0.3) is 5.56 Å². The molecule has 1 aromatic heterocycles. The summed E-state index contributed by atoms with van der Waals surface area (Å²) in [6.07, 6.45) is 6.98. The Morgan fingerprint density at radius 1 is 1.21 bits per heavy atom. The number of rotatable bonds is 6. The van der Waals surface area contributed by atoms with Crippen LogP contribution in [0.2, 0.25) is 0 Å². The molecule has 3 heterocycles. The predicted octanol–water partition coefficient (Wildman–Crippen LogP) is 0.575. The summed E-state index contributed by atoms with van der Waals surface area (Å²) in [4.78, 5) is 14.8. The van der Waals surface area contributed by atoms with Gasteiger partial charge in [0, 0.05) is 25.2 Å². The van der Waals surface area contributed by atoms with Crippen molar-refractivity contribution in [2.45, 2.75) is 57.2 Å². The lowest BCUT2D eigenvalue weighted by Gasteiger charge is -2.37. The first-order valence-corrected chi connectivity index (χ1v) is 9.45. The van der Waals surface area contributed by atoms with E-state index in [0.717, 1.165) is 57.8 Å². The van der Waals surface area contributed by atoms with E-state index >= 15 is 0 Å². The molecule has 1 aromatic rings.